The first-order valence-electron chi connectivity index (χ1n) is 9.01. The lowest BCUT2D eigenvalue weighted by atomic mass is 9.70. The number of ether oxygens (including phenoxy) is 1. The summed E-state index contributed by atoms with van der Waals surface area (Å²) < 4.78 is 5.14. The Bertz CT molecular complexity index is 666. The van der Waals surface area contributed by atoms with Gasteiger partial charge in [-0.05, 0) is 49.8 Å². The predicted molar refractivity (Wildman–Crippen MR) is 96.1 cm³/mol. The molecule has 25 heavy (non-hydrogen) atoms. The number of piperidine rings is 1. The van der Waals surface area contributed by atoms with Crippen molar-refractivity contribution in [3.63, 3.8) is 0 Å². The van der Waals surface area contributed by atoms with Gasteiger partial charge in [0.25, 0.3) is 0 Å². The minimum atomic E-state index is -0.0814. The van der Waals surface area contributed by atoms with Gasteiger partial charge >= 0.3 is 0 Å². The van der Waals surface area contributed by atoms with Crippen LogP contribution in [-0.4, -0.2) is 25.5 Å². The molecule has 134 valence electrons. The third kappa shape index (κ3) is 4.21. The molecule has 5 nitrogen and oxygen atoms in total. The van der Waals surface area contributed by atoms with Crippen LogP contribution < -0.4 is 15.4 Å². The molecule has 2 amide bonds. The van der Waals surface area contributed by atoms with E-state index in [1.165, 1.54) is 0 Å². The summed E-state index contributed by atoms with van der Waals surface area (Å²) in [5.41, 5.74) is 2.06. The maximum absolute atomic E-state index is 12.3. The molecule has 1 aliphatic heterocycles. The fourth-order valence-electron chi connectivity index (χ4n) is 3.73. The fourth-order valence-corrected chi connectivity index (χ4v) is 3.73. The van der Waals surface area contributed by atoms with Gasteiger partial charge in [-0.15, -0.1) is 0 Å². The van der Waals surface area contributed by atoms with Gasteiger partial charge in [0, 0.05) is 30.5 Å². The third-order valence-electron chi connectivity index (χ3n) is 5.31. The summed E-state index contributed by atoms with van der Waals surface area (Å²) in [5, 5.41) is 6.10. The first kappa shape index (κ1) is 17.5. The summed E-state index contributed by atoms with van der Waals surface area (Å²) in [5.74, 6) is 0.977. The quantitative estimate of drug-likeness (QED) is 0.835. The van der Waals surface area contributed by atoms with E-state index < -0.39 is 0 Å². The van der Waals surface area contributed by atoms with Gasteiger partial charge in [0.15, 0.2) is 0 Å². The second kappa shape index (κ2) is 7.72. The topological polar surface area (TPSA) is 67.4 Å². The molecule has 1 saturated heterocycles. The van der Waals surface area contributed by atoms with Crippen molar-refractivity contribution < 1.29 is 14.3 Å². The van der Waals surface area contributed by atoms with Crippen LogP contribution in [0.4, 0.5) is 0 Å². The van der Waals surface area contributed by atoms with Gasteiger partial charge in [-0.25, -0.2) is 0 Å². The standard InChI is InChI=1S/C20H26N2O3/c1-25-16-8-5-15(6-9-16)7-10-18(23)21-14-20-12-3-2-4-17(20)22-19(24)11-13-20/h4-6,8-9H,2-3,7,10-14H2,1H3,(H,21,23)(H,22,24). The molecule has 5 heteroatoms. The van der Waals surface area contributed by atoms with E-state index in [4.69, 9.17) is 4.74 Å². The van der Waals surface area contributed by atoms with Crippen LogP contribution in [0.5, 0.6) is 5.75 Å². The monoisotopic (exact) mass is 342 g/mol. The van der Waals surface area contributed by atoms with Gasteiger partial charge in [0.2, 0.25) is 11.8 Å². The highest BCUT2D eigenvalue weighted by atomic mass is 16.5. The number of amides is 2. The molecule has 1 aliphatic carbocycles. The Hall–Kier alpha value is -2.30. The van der Waals surface area contributed by atoms with Crippen molar-refractivity contribution in [2.45, 2.75) is 44.9 Å². The zero-order valence-corrected chi connectivity index (χ0v) is 14.8. The Morgan fingerprint density at radius 1 is 1.28 bits per heavy atom. The SMILES string of the molecule is COc1ccc(CCC(=O)NCC23CCCC=C2NC(=O)CC3)cc1. The largest absolute Gasteiger partial charge is 0.497 e. The van der Waals surface area contributed by atoms with E-state index in [9.17, 15) is 9.59 Å². The van der Waals surface area contributed by atoms with E-state index in [2.05, 4.69) is 16.7 Å². The summed E-state index contributed by atoms with van der Waals surface area (Å²) in [6, 6.07) is 7.80. The van der Waals surface area contributed by atoms with Crippen molar-refractivity contribution in [1.29, 1.82) is 0 Å². The normalized spacial score (nSPS) is 22.4. The molecule has 2 aliphatic rings. The summed E-state index contributed by atoms with van der Waals surface area (Å²) in [4.78, 5) is 23.9. The zero-order chi connectivity index (χ0) is 17.7. The number of nitrogens with one attached hydrogen (secondary N) is 2. The van der Waals surface area contributed by atoms with Crippen molar-refractivity contribution in [2.24, 2.45) is 5.41 Å². The molecule has 1 heterocycles. The molecule has 3 rings (SSSR count). The highest BCUT2D eigenvalue weighted by Crippen LogP contribution is 2.42. The highest BCUT2D eigenvalue weighted by Gasteiger charge is 2.40. The van der Waals surface area contributed by atoms with Crippen LogP contribution in [-0.2, 0) is 16.0 Å². The molecule has 1 fully saturated rings. The molecular formula is C20H26N2O3. The van der Waals surface area contributed by atoms with Crippen molar-refractivity contribution in [3.8, 4) is 5.75 Å². The minimum absolute atomic E-state index is 0.0621. The molecule has 0 spiro atoms. The van der Waals surface area contributed by atoms with Gasteiger partial charge in [0.05, 0.1) is 7.11 Å². The van der Waals surface area contributed by atoms with Crippen molar-refractivity contribution in [2.75, 3.05) is 13.7 Å². The fraction of sp³-hybridized carbons (Fsp3) is 0.500. The van der Waals surface area contributed by atoms with Gasteiger partial charge in [0.1, 0.15) is 5.75 Å². The second-order valence-electron chi connectivity index (χ2n) is 6.96. The average molecular weight is 342 g/mol. The van der Waals surface area contributed by atoms with E-state index in [-0.39, 0.29) is 17.2 Å². The Balaban J connectivity index is 1.51. The van der Waals surface area contributed by atoms with Gasteiger partial charge in [-0.1, -0.05) is 18.2 Å². The van der Waals surface area contributed by atoms with Crippen LogP contribution in [0.15, 0.2) is 36.0 Å². The molecule has 1 aromatic rings. The van der Waals surface area contributed by atoms with Crippen molar-refractivity contribution >= 4 is 11.8 Å². The number of hydrogen-bond acceptors (Lipinski definition) is 3. The number of carbonyl (C=O) groups is 2. The van der Waals surface area contributed by atoms with Crippen LogP contribution in [0, 0.1) is 5.41 Å². The lowest BCUT2D eigenvalue weighted by Gasteiger charge is -2.42. The van der Waals surface area contributed by atoms with Crippen molar-refractivity contribution in [1.82, 2.24) is 10.6 Å². The van der Waals surface area contributed by atoms with Crippen LogP contribution in [0.3, 0.4) is 0 Å². The lowest BCUT2D eigenvalue weighted by molar-refractivity contribution is -0.123. The number of hydrogen-bond donors (Lipinski definition) is 2. The number of carbonyl (C=O) groups excluding carboxylic acids is 2. The number of allylic oxidation sites excluding steroid dienone is 1. The van der Waals surface area contributed by atoms with Gasteiger partial charge < -0.3 is 15.4 Å². The van der Waals surface area contributed by atoms with E-state index in [0.717, 1.165) is 42.7 Å². The van der Waals surface area contributed by atoms with Gasteiger partial charge in [-0.3, -0.25) is 9.59 Å². The number of rotatable bonds is 6. The third-order valence-corrected chi connectivity index (χ3v) is 5.31. The van der Waals surface area contributed by atoms with E-state index in [1.807, 2.05) is 24.3 Å². The molecule has 0 aromatic heterocycles. The molecule has 0 saturated carbocycles. The molecule has 2 N–H and O–H groups in total. The first-order chi connectivity index (χ1) is 12.1. The van der Waals surface area contributed by atoms with Crippen molar-refractivity contribution in [3.05, 3.63) is 41.6 Å². The molecule has 0 bridgehead atoms. The number of fused-ring (bicyclic) bond motifs is 1. The first-order valence-corrected chi connectivity index (χ1v) is 9.01. The molecule has 1 aromatic carbocycles. The van der Waals surface area contributed by atoms with E-state index >= 15 is 0 Å². The zero-order valence-electron chi connectivity index (χ0n) is 14.8. The Morgan fingerprint density at radius 3 is 2.84 bits per heavy atom. The number of benzene rings is 1. The van der Waals surface area contributed by atoms with Crippen LogP contribution in [0.2, 0.25) is 0 Å². The highest BCUT2D eigenvalue weighted by molar-refractivity contribution is 5.80. The smallest absolute Gasteiger partial charge is 0.224 e. The van der Waals surface area contributed by atoms with Crippen LogP contribution >= 0.6 is 0 Å². The molecule has 0 radical (unpaired) electrons. The lowest BCUT2D eigenvalue weighted by Crippen LogP contribution is -2.48. The van der Waals surface area contributed by atoms with E-state index in [1.54, 1.807) is 7.11 Å². The minimum Gasteiger partial charge on any atom is -0.497 e. The Morgan fingerprint density at radius 2 is 2.08 bits per heavy atom. The van der Waals surface area contributed by atoms with Crippen LogP contribution in [0.1, 0.15) is 44.1 Å². The summed E-state index contributed by atoms with van der Waals surface area (Å²) in [6.07, 6.45) is 7.81. The maximum Gasteiger partial charge on any atom is 0.224 e. The van der Waals surface area contributed by atoms with Crippen LogP contribution in [0.25, 0.3) is 0 Å². The van der Waals surface area contributed by atoms with E-state index in [0.29, 0.717) is 25.8 Å². The molecular weight excluding hydrogens is 316 g/mol. The van der Waals surface area contributed by atoms with Gasteiger partial charge in [-0.2, -0.15) is 0 Å². The maximum atomic E-state index is 12.3. The summed E-state index contributed by atoms with van der Waals surface area (Å²) in [7, 11) is 1.64. The number of aryl methyl sites for hydroxylation is 1. The molecule has 1 unspecified atom stereocenters. The summed E-state index contributed by atoms with van der Waals surface area (Å²) >= 11 is 0. The second-order valence-corrected chi connectivity index (χ2v) is 6.96. The Labute approximate surface area is 148 Å². The summed E-state index contributed by atoms with van der Waals surface area (Å²) in [6.45, 7) is 0.612. The predicted octanol–water partition coefficient (Wildman–Crippen LogP) is 2.71. The Kier molecular flexibility index (Phi) is 5.41. The molecule has 1 atom stereocenters. The average Bonchev–Trinajstić information content (AvgIpc) is 2.65. The number of methoxy groups -OCH3 is 1.